The molecule has 33 heavy (non-hydrogen) atoms. The van der Waals surface area contributed by atoms with Crippen LogP contribution in [0.3, 0.4) is 0 Å². The summed E-state index contributed by atoms with van der Waals surface area (Å²) in [6.45, 7) is 4.27. The molecule has 0 radical (unpaired) electrons. The summed E-state index contributed by atoms with van der Waals surface area (Å²) in [6.07, 6.45) is 5.23. The number of aromatic amines is 1. The molecule has 0 atom stereocenters. The molecule has 1 N–H and O–H groups in total. The second kappa shape index (κ2) is 8.20. The van der Waals surface area contributed by atoms with E-state index in [0.717, 1.165) is 16.5 Å². The van der Waals surface area contributed by atoms with Crippen LogP contribution in [0.15, 0.2) is 59.9 Å². The molecule has 2 aromatic heterocycles. The number of H-pyrrole nitrogens is 1. The maximum Gasteiger partial charge on any atom is 0.348 e. The van der Waals surface area contributed by atoms with Crippen molar-refractivity contribution in [3.8, 4) is 0 Å². The van der Waals surface area contributed by atoms with Crippen molar-refractivity contribution in [3.05, 3.63) is 82.4 Å². The molecular formula is C25H22FN3O4. The molecule has 7 nitrogen and oxygen atoms in total. The van der Waals surface area contributed by atoms with Crippen molar-refractivity contribution in [1.29, 1.82) is 0 Å². The Balaban J connectivity index is 1.52. The first-order valence-corrected chi connectivity index (χ1v) is 10.7. The smallest absolute Gasteiger partial charge is 0.348 e. The van der Waals surface area contributed by atoms with Gasteiger partial charge in [0.05, 0.1) is 6.10 Å². The average Bonchev–Trinajstić information content (AvgIpc) is 3.34. The molecule has 1 aromatic carbocycles. The number of hydrogen-bond donors (Lipinski definition) is 1. The summed E-state index contributed by atoms with van der Waals surface area (Å²) in [5.74, 6) is -1.45. The minimum absolute atomic E-state index is 0.0236. The predicted molar refractivity (Wildman–Crippen MR) is 119 cm³/mol. The van der Waals surface area contributed by atoms with Crippen LogP contribution in [0.5, 0.6) is 0 Å². The van der Waals surface area contributed by atoms with Crippen molar-refractivity contribution in [3.63, 3.8) is 0 Å². The summed E-state index contributed by atoms with van der Waals surface area (Å²) >= 11 is 0. The van der Waals surface area contributed by atoms with E-state index in [2.05, 4.69) is 9.97 Å². The van der Waals surface area contributed by atoms with E-state index in [4.69, 9.17) is 9.47 Å². The van der Waals surface area contributed by atoms with E-state index in [1.54, 1.807) is 49.3 Å². The third-order valence-electron chi connectivity index (χ3n) is 5.66. The van der Waals surface area contributed by atoms with Gasteiger partial charge in [-0.25, -0.2) is 14.2 Å². The third-order valence-corrected chi connectivity index (χ3v) is 5.66. The summed E-state index contributed by atoms with van der Waals surface area (Å²) in [6, 6.07) is 8.35. The van der Waals surface area contributed by atoms with Crippen LogP contribution in [0.25, 0.3) is 17.1 Å². The first-order valence-electron chi connectivity index (χ1n) is 10.7. The SMILES string of the molecule is CC(C)OC(=O)C1=C(N2CCc3ccc(F)cc3C2)OC(=Cc2c[nH]c3ncccc23)C1=O. The van der Waals surface area contributed by atoms with E-state index < -0.39 is 17.9 Å². The van der Waals surface area contributed by atoms with Crippen LogP contribution in [-0.2, 0) is 32.0 Å². The van der Waals surface area contributed by atoms with Gasteiger partial charge >= 0.3 is 5.97 Å². The lowest BCUT2D eigenvalue weighted by Gasteiger charge is -2.30. The summed E-state index contributed by atoms with van der Waals surface area (Å²) < 4.78 is 25.1. The Morgan fingerprint density at radius 2 is 2.15 bits per heavy atom. The number of Topliss-reactive ketones (excluding diaryl/α,β-unsaturated/α-hetero) is 1. The van der Waals surface area contributed by atoms with Crippen molar-refractivity contribution in [2.75, 3.05) is 6.54 Å². The number of carbonyl (C=O) groups excluding carboxylic acids is 2. The van der Waals surface area contributed by atoms with Gasteiger partial charge in [-0.1, -0.05) is 6.07 Å². The molecule has 8 heteroatoms. The van der Waals surface area contributed by atoms with E-state index in [1.807, 2.05) is 6.07 Å². The van der Waals surface area contributed by atoms with Crippen LogP contribution < -0.4 is 0 Å². The van der Waals surface area contributed by atoms with Crippen molar-refractivity contribution in [2.24, 2.45) is 0 Å². The second-order valence-electron chi connectivity index (χ2n) is 8.30. The van der Waals surface area contributed by atoms with Gasteiger partial charge in [0, 0.05) is 36.4 Å². The third kappa shape index (κ3) is 3.88. The largest absolute Gasteiger partial charge is 0.459 e. The zero-order valence-electron chi connectivity index (χ0n) is 18.2. The number of pyridine rings is 1. The van der Waals surface area contributed by atoms with Crippen molar-refractivity contribution < 1.29 is 23.5 Å². The van der Waals surface area contributed by atoms with Gasteiger partial charge < -0.3 is 19.4 Å². The highest BCUT2D eigenvalue weighted by Gasteiger charge is 2.40. The molecule has 0 spiro atoms. The molecule has 2 aliphatic rings. The lowest BCUT2D eigenvalue weighted by atomic mass is 9.99. The van der Waals surface area contributed by atoms with E-state index in [-0.39, 0.29) is 23.0 Å². The van der Waals surface area contributed by atoms with Gasteiger partial charge in [0.2, 0.25) is 11.7 Å². The highest BCUT2D eigenvalue weighted by Crippen LogP contribution is 2.34. The number of carbonyl (C=O) groups is 2. The molecular weight excluding hydrogens is 425 g/mol. The first kappa shape index (κ1) is 20.9. The van der Waals surface area contributed by atoms with Crippen LogP contribution in [0.2, 0.25) is 0 Å². The van der Waals surface area contributed by atoms with Gasteiger partial charge in [-0.05, 0) is 61.7 Å². The van der Waals surface area contributed by atoms with Gasteiger partial charge in [0.1, 0.15) is 11.5 Å². The minimum Gasteiger partial charge on any atom is -0.459 e. The van der Waals surface area contributed by atoms with Gasteiger partial charge in [0.25, 0.3) is 0 Å². The molecule has 0 saturated carbocycles. The number of fused-ring (bicyclic) bond motifs is 2. The molecule has 0 aliphatic carbocycles. The number of hydrogen-bond acceptors (Lipinski definition) is 6. The molecule has 0 amide bonds. The van der Waals surface area contributed by atoms with Crippen LogP contribution in [-0.4, -0.2) is 39.3 Å². The average molecular weight is 447 g/mol. The van der Waals surface area contributed by atoms with Crippen molar-refractivity contribution in [2.45, 2.75) is 32.9 Å². The monoisotopic (exact) mass is 447 g/mol. The van der Waals surface area contributed by atoms with Crippen molar-refractivity contribution in [1.82, 2.24) is 14.9 Å². The highest BCUT2D eigenvalue weighted by molar-refractivity contribution is 6.26. The number of benzene rings is 1. The number of nitrogens with zero attached hydrogens (tertiary/aromatic N) is 2. The van der Waals surface area contributed by atoms with Crippen LogP contribution in [0.1, 0.15) is 30.5 Å². The topological polar surface area (TPSA) is 84.5 Å². The number of halogens is 1. The maximum absolute atomic E-state index is 13.8. The number of ether oxygens (including phenoxy) is 2. The second-order valence-corrected chi connectivity index (χ2v) is 8.30. The summed E-state index contributed by atoms with van der Waals surface area (Å²) in [5, 5.41) is 0.823. The zero-order chi connectivity index (χ0) is 23.1. The number of allylic oxidation sites excluding steroid dienone is 1. The van der Waals surface area contributed by atoms with E-state index in [1.165, 1.54) is 12.1 Å². The van der Waals surface area contributed by atoms with E-state index in [9.17, 15) is 14.0 Å². The summed E-state index contributed by atoms with van der Waals surface area (Å²) in [4.78, 5) is 35.2. The Bertz CT molecular complexity index is 1340. The normalized spacial score (nSPS) is 17.2. The standard InChI is InChI=1S/C25H22FN3O4/c1-14(2)32-25(31)21-22(30)20(11-16-12-28-23-19(16)4-3-8-27-23)33-24(21)29-9-7-15-5-6-18(26)10-17(15)13-29/h3-6,8,10-12,14H,7,9,13H2,1-2H3,(H,27,28). The van der Waals surface area contributed by atoms with E-state index >= 15 is 0 Å². The minimum atomic E-state index is -0.737. The lowest BCUT2D eigenvalue weighted by molar-refractivity contribution is -0.143. The molecule has 2 aliphatic heterocycles. The maximum atomic E-state index is 13.8. The Kier molecular flexibility index (Phi) is 5.20. The van der Waals surface area contributed by atoms with Gasteiger partial charge in [0.15, 0.2) is 11.3 Å². The number of ketones is 1. The van der Waals surface area contributed by atoms with Crippen LogP contribution in [0.4, 0.5) is 4.39 Å². The number of aromatic nitrogens is 2. The van der Waals surface area contributed by atoms with Crippen LogP contribution in [0, 0.1) is 5.82 Å². The predicted octanol–water partition coefficient (Wildman–Crippen LogP) is 3.86. The van der Waals surface area contributed by atoms with Crippen LogP contribution >= 0.6 is 0 Å². The van der Waals surface area contributed by atoms with Gasteiger partial charge in [-0.2, -0.15) is 0 Å². The van der Waals surface area contributed by atoms with Gasteiger partial charge in [-0.3, -0.25) is 4.79 Å². The molecule has 3 aromatic rings. The summed E-state index contributed by atoms with van der Waals surface area (Å²) in [7, 11) is 0. The first-order chi connectivity index (χ1) is 15.9. The van der Waals surface area contributed by atoms with E-state index in [0.29, 0.717) is 30.7 Å². The van der Waals surface area contributed by atoms with Gasteiger partial charge in [-0.15, -0.1) is 0 Å². The Labute approximate surface area is 189 Å². The molecule has 168 valence electrons. The van der Waals surface area contributed by atoms with Crippen molar-refractivity contribution >= 4 is 28.9 Å². The fourth-order valence-electron chi connectivity index (χ4n) is 4.13. The molecule has 4 heterocycles. The summed E-state index contributed by atoms with van der Waals surface area (Å²) in [5.41, 5.74) is 3.07. The number of nitrogens with one attached hydrogen (secondary N) is 1. The quantitative estimate of drug-likeness (QED) is 0.371. The molecule has 5 rings (SSSR count). The number of rotatable bonds is 4. The zero-order valence-corrected chi connectivity index (χ0v) is 18.2. The molecule has 0 saturated heterocycles. The molecule has 0 bridgehead atoms. The Morgan fingerprint density at radius 1 is 1.30 bits per heavy atom. The lowest BCUT2D eigenvalue weighted by Crippen LogP contribution is -2.32. The Hall–Kier alpha value is -3.94. The fourth-order valence-corrected chi connectivity index (χ4v) is 4.13. The Morgan fingerprint density at radius 3 is 2.97 bits per heavy atom. The molecule has 0 unspecified atom stereocenters. The highest BCUT2D eigenvalue weighted by atomic mass is 19.1. The number of esters is 1. The fraction of sp³-hybridized carbons (Fsp3) is 0.240. The molecule has 0 fully saturated rings.